The predicted molar refractivity (Wildman–Crippen MR) is 121 cm³/mol. The van der Waals surface area contributed by atoms with Crippen molar-refractivity contribution < 1.29 is 9.53 Å². The highest BCUT2D eigenvalue weighted by Gasteiger charge is 2.20. The molecule has 0 spiro atoms. The average molecular weight is 407 g/mol. The normalized spacial score (nSPS) is 17.0. The number of aryl methyl sites for hydroxylation is 2. The van der Waals surface area contributed by atoms with Crippen LogP contribution in [0, 0.1) is 0 Å². The summed E-state index contributed by atoms with van der Waals surface area (Å²) in [6, 6.07) is 15.0. The fraction of sp³-hybridized carbons (Fsp3) is 0.500. The van der Waals surface area contributed by atoms with Crippen LogP contribution < -0.4 is 10.1 Å². The van der Waals surface area contributed by atoms with Gasteiger partial charge in [-0.2, -0.15) is 0 Å². The summed E-state index contributed by atoms with van der Waals surface area (Å²) >= 11 is 0. The number of nitrogens with zero attached hydrogens (tertiary/aromatic N) is 1. The zero-order valence-electron chi connectivity index (χ0n) is 18.2. The highest BCUT2D eigenvalue weighted by atomic mass is 16.5. The molecule has 4 heteroatoms. The maximum Gasteiger partial charge on any atom is 0.261 e. The molecule has 2 aliphatic rings. The molecule has 30 heavy (non-hydrogen) atoms. The Balaban J connectivity index is 1.21. The number of ether oxygens (including phenoxy) is 1. The van der Waals surface area contributed by atoms with Crippen molar-refractivity contribution in [2.45, 2.75) is 64.5 Å². The first-order valence-corrected chi connectivity index (χ1v) is 11.6. The molecule has 4 nitrogen and oxygen atoms in total. The van der Waals surface area contributed by atoms with E-state index in [1.165, 1.54) is 35.1 Å². The minimum Gasteiger partial charge on any atom is -0.481 e. The Hall–Kier alpha value is -2.33. The number of benzene rings is 2. The van der Waals surface area contributed by atoms with Gasteiger partial charge in [-0.05, 0) is 79.3 Å². The van der Waals surface area contributed by atoms with Crippen LogP contribution in [0.25, 0.3) is 0 Å². The molecule has 0 bridgehead atoms. The molecule has 4 rings (SSSR count). The van der Waals surface area contributed by atoms with Gasteiger partial charge in [0.1, 0.15) is 5.75 Å². The molecule has 2 aromatic rings. The molecule has 1 unspecified atom stereocenters. The molecule has 0 saturated heterocycles. The SMILES string of the molecule is CCC(Oc1ccc2c(c1)CCCC2)C(=O)NCCCN1CCc2ccccc2C1. The number of fused-ring (bicyclic) bond motifs is 2. The third kappa shape index (κ3) is 5.23. The molecule has 1 atom stereocenters. The zero-order valence-corrected chi connectivity index (χ0v) is 18.2. The van der Waals surface area contributed by atoms with Crippen molar-refractivity contribution in [3.63, 3.8) is 0 Å². The first-order valence-electron chi connectivity index (χ1n) is 11.6. The Labute approximate surface area is 180 Å². The molecule has 0 fully saturated rings. The lowest BCUT2D eigenvalue weighted by Gasteiger charge is -2.28. The number of carbonyl (C=O) groups is 1. The lowest BCUT2D eigenvalue weighted by atomic mass is 9.92. The van der Waals surface area contributed by atoms with Gasteiger partial charge < -0.3 is 10.1 Å². The van der Waals surface area contributed by atoms with Crippen molar-refractivity contribution in [2.75, 3.05) is 19.6 Å². The second-order valence-electron chi connectivity index (χ2n) is 8.59. The van der Waals surface area contributed by atoms with E-state index in [1.807, 2.05) is 13.0 Å². The molecule has 2 aromatic carbocycles. The van der Waals surface area contributed by atoms with Gasteiger partial charge in [0.15, 0.2) is 6.10 Å². The Morgan fingerprint density at radius 3 is 2.63 bits per heavy atom. The fourth-order valence-corrected chi connectivity index (χ4v) is 4.64. The molecular formula is C26H34N2O2. The summed E-state index contributed by atoms with van der Waals surface area (Å²) in [6.07, 6.45) is 7.14. The maximum atomic E-state index is 12.6. The van der Waals surface area contributed by atoms with E-state index in [0.29, 0.717) is 13.0 Å². The number of rotatable bonds is 8. The van der Waals surface area contributed by atoms with Gasteiger partial charge in [-0.15, -0.1) is 0 Å². The third-order valence-electron chi connectivity index (χ3n) is 6.42. The Morgan fingerprint density at radius 2 is 1.80 bits per heavy atom. The monoisotopic (exact) mass is 406 g/mol. The Morgan fingerprint density at radius 1 is 1.03 bits per heavy atom. The van der Waals surface area contributed by atoms with E-state index in [0.717, 1.165) is 51.1 Å². The minimum absolute atomic E-state index is 0.000731. The fourth-order valence-electron chi connectivity index (χ4n) is 4.64. The van der Waals surface area contributed by atoms with E-state index < -0.39 is 6.10 Å². The average Bonchev–Trinajstić information content (AvgIpc) is 2.80. The van der Waals surface area contributed by atoms with Crippen molar-refractivity contribution in [1.82, 2.24) is 10.2 Å². The summed E-state index contributed by atoms with van der Waals surface area (Å²) in [7, 11) is 0. The number of hydrogen-bond donors (Lipinski definition) is 1. The van der Waals surface area contributed by atoms with Crippen molar-refractivity contribution in [3.8, 4) is 5.75 Å². The van der Waals surface area contributed by atoms with Crippen molar-refractivity contribution in [2.24, 2.45) is 0 Å². The minimum atomic E-state index is -0.423. The van der Waals surface area contributed by atoms with Crippen molar-refractivity contribution >= 4 is 5.91 Å². The van der Waals surface area contributed by atoms with Crippen LogP contribution in [-0.4, -0.2) is 36.5 Å². The van der Waals surface area contributed by atoms with E-state index in [1.54, 1.807) is 0 Å². The largest absolute Gasteiger partial charge is 0.481 e. The van der Waals surface area contributed by atoms with Gasteiger partial charge in [0.05, 0.1) is 0 Å². The zero-order chi connectivity index (χ0) is 20.8. The van der Waals surface area contributed by atoms with Crippen LogP contribution in [-0.2, 0) is 30.6 Å². The third-order valence-corrected chi connectivity index (χ3v) is 6.42. The predicted octanol–water partition coefficient (Wildman–Crippen LogP) is 4.29. The van der Waals surface area contributed by atoms with E-state index >= 15 is 0 Å². The first-order chi connectivity index (χ1) is 14.7. The van der Waals surface area contributed by atoms with Crippen LogP contribution in [0.5, 0.6) is 5.75 Å². The van der Waals surface area contributed by atoms with Gasteiger partial charge in [0.2, 0.25) is 0 Å². The Kier molecular flexibility index (Phi) is 7.06. The molecule has 1 heterocycles. The molecule has 0 radical (unpaired) electrons. The van der Waals surface area contributed by atoms with Crippen molar-refractivity contribution in [1.29, 1.82) is 0 Å². The standard InChI is InChI=1S/C26H34N2O2/c1-2-25(30-24-13-12-20-8-3-5-10-22(20)18-24)26(29)27-15-7-16-28-17-14-21-9-4-6-11-23(21)19-28/h4,6,9,11-13,18,25H,2-3,5,7-8,10,14-17,19H2,1H3,(H,27,29). The molecule has 0 saturated carbocycles. The van der Waals surface area contributed by atoms with Crippen LogP contribution in [0.4, 0.5) is 0 Å². The maximum absolute atomic E-state index is 12.6. The highest BCUT2D eigenvalue weighted by molar-refractivity contribution is 5.81. The van der Waals surface area contributed by atoms with Crippen LogP contribution in [0.1, 0.15) is 54.9 Å². The smallest absolute Gasteiger partial charge is 0.261 e. The summed E-state index contributed by atoms with van der Waals surface area (Å²) in [4.78, 5) is 15.1. The quantitative estimate of drug-likeness (QED) is 0.665. The van der Waals surface area contributed by atoms with Crippen LogP contribution in [0.15, 0.2) is 42.5 Å². The van der Waals surface area contributed by atoms with Gasteiger partial charge in [0.25, 0.3) is 5.91 Å². The van der Waals surface area contributed by atoms with Crippen LogP contribution in [0.2, 0.25) is 0 Å². The second kappa shape index (κ2) is 10.1. The summed E-state index contributed by atoms with van der Waals surface area (Å²) in [5.74, 6) is 0.823. The lowest BCUT2D eigenvalue weighted by molar-refractivity contribution is -0.128. The molecule has 160 valence electrons. The van der Waals surface area contributed by atoms with E-state index in [2.05, 4.69) is 46.6 Å². The number of amides is 1. The number of carbonyl (C=O) groups excluding carboxylic acids is 1. The molecule has 1 N–H and O–H groups in total. The van der Waals surface area contributed by atoms with Gasteiger partial charge >= 0.3 is 0 Å². The first kappa shape index (κ1) is 20.9. The Bertz CT molecular complexity index is 864. The summed E-state index contributed by atoms with van der Waals surface area (Å²) in [5.41, 5.74) is 5.74. The van der Waals surface area contributed by atoms with Gasteiger partial charge in [-0.25, -0.2) is 0 Å². The van der Waals surface area contributed by atoms with Gasteiger partial charge in [0, 0.05) is 26.2 Å². The molecule has 1 aliphatic heterocycles. The van der Waals surface area contributed by atoms with E-state index in [-0.39, 0.29) is 5.91 Å². The molecule has 0 aromatic heterocycles. The van der Waals surface area contributed by atoms with Crippen molar-refractivity contribution in [3.05, 3.63) is 64.7 Å². The lowest BCUT2D eigenvalue weighted by Crippen LogP contribution is -2.39. The second-order valence-corrected chi connectivity index (χ2v) is 8.59. The number of nitrogens with one attached hydrogen (secondary N) is 1. The summed E-state index contributed by atoms with van der Waals surface area (Å²) in [6.45, 7) is 5.83. The molecule has 1 aliphatic carbocycles. The highest BCUT2D eigenvalue weighted by Crippen LogP contribution is 2.26. The molecule has 1 amide bonds. The number of hydrogen-bond acceptors (Lipinski definition) is 3. The summed E-state index contributed by atoms with van der Waals surface area (Å²) in [5, 5.41) is 3.08. The summed E-state index contributed by atoms with van der Waals surface area (Å²) < 4.78 is 6.06. The van der Waals surface area contributed by atoms with Gasteiger partial charge in [-0.3, -0.25) is 9.69 Å². The van der Waals surface area contributed by atoms with Crippen LogP contribution in [0.3, 0.4) is 0 Å². The molecular weight excluding hydrogens is 372 g/mol. The van der Waals surface area contributed by atoms with Gasteiger partial charge in [-0.1, -0.05) is 37.3 Å². The van der Waals surface area contributed by atoms with E-state index in [4.69, 9.17) is 4.74 Å². The van der Waals surface area contributed by atoms with Crippen LogP contribution >= 0.6 is 0 Å². The van der Waals surface area contributed by atoms with E-state index in [9.17, 15) is 4.79 Å². The topological polar surface area (TPSA) is 41.6 Å².